The summed E-state index contributed by atoms with van der Waals surface area (Å²) in [6.07, 6.45) is 1.38. The van der Waals surface area contributed by atoms with E-state index in [1.807, 2.05) is 44.2 Å². The molecule has 1 aromatic heterocycles. The summed E-state index contributed by atoms with van der Waals surface area (Å²) in [6.45, 7) is 7.56. The van der Waals surface area contributed by atoms with Crippen LogP contribution in [0.2, 0.25) is 0 Å². The molecule has 3 rings (SSSR count). The Morgan fingerprint density at radius 2 is 1.82 bits per heavy atom. The van der Waals surface area contributed by atoms with Crippen molar-refractivity contribution in [2.24, 2.45) is 23.7 Å². The van der Waals surface area contributed by atoms with E-state index in [2.05, 4.69) is 15.6 Å². The second-order valence-corrected chi connectivity index (χ2v) is 10.6. The third kappa shape index (κ3) is 8.33. The molecule has 0 radical (unpaired) electrons. The Morgan fingerprint density at radius 3 is 2.49 bits per heavy atom. The number of Topliss-reactive ketones (excluding diaryl/α,β-unsaturated/α-hetero) is 2. The summed E-state index contributed by atoms with van der Waals surface area (Å²) < 4.78 is 10.8. The second kappa shape index (κ2) is 13.8. The van der Waals surface area contributed by atoms with Gasteiger partial charge < -0.3 is 19.8 Å². The summed E-state index contributed by atoms with van der Waals surface area (Å²) in [5.74, 6) is -4.46. The number of fused-ring (bicyclic) bond motifs is 1. The molecule has 0 aliphatic carbocycles. The number of esters is 1. The highest BCUT2D eigenvalue weighted by molar-refractivity contribution is 6.37. The third-order valence-corrected chi connectivity index (χ3v) is 6.93. The molecule has 0 saturated heterocycles. The fourth-order valence-corrected chi connectivity index (χ4v) is 4.57. The number of amides is 2. The van der Waals surface area contributed by atoms with Crippen LogP contribution >= 0.6 is 0 Å². The monoisotopic (exact) mass is 539 g/mol. The lowest BCUT2D eigenvalue weighted by Crippen LogP contribution is -2.49. The first-order chi connectivity index (χ1) is 18.6. The lowest BCUT2D eigenvalue weighted by Gasteiger charge is -2.27. The van der Waals surface area contributed by atoms with Gasteiger partial charge >= 0.3 is 5.97 Å². The molecule has 0 bridgehead atoms. The molecule has 1 aliphatic heterocycles. The van der Waals surface area contributed by atoms with Crippen LogP contribution in [-0.2, 0) is 48.2 Å². The van der Waals surface area contributed by atoms with E-state index in [-0.39, 0.29) is 50.0 Å². The fourth-order valence-electron chi connectivity index (χ4n) is 4.57. The van der Waals surface area contributed by atoms with E-state index < -0.39 is 41.4 Å². The van der Waals surface area contributed by atoms with Crippen LogP contribution in [0.5, 0.6) is 0 Å². The van der Waals surface area contributed by atoms with E-state index in [4.69, 9.17) is 9.15 Å². The summed E-state index contributed by atoms with van der Waals surface area (Å²) in [6, 6.07) is 8.34. The van der Waals surface area contributed by atoms with Crippen molar-refractivity contribution in [3.05, 3.63) is 53.7 Å². The number of carbonyl (C=O) groups excluding carboxylic acids is 5. The standard InChI is InChI=1S/C29H37N3O7/c1-17(2)21(14-25(34)38-15-19-8-6-5-7-9-19)28(36)32-26(18(3)4)23(33)12-20-13-24-22(31-16-39-24)10-11-30-29(37)27(20)35/h5-9,16-18,20-21,26H,10-15H2,1-4H3,(H,30,37)(H,32,36). The molecule has 0 saturated carbocycles. The average molecular weight is 540 g/mol. The highest BCUT2D eigenvalue weighted by Crippen LogP contribution is 2.22. The van der Waals surface area contributed by atoms with E-state index >= 15 is 0 Å². The van der Waals surface area contributed by atoms with Crippen molar-refractivity contribution < 1.29 is 33.1 Å². The minimum atomic E-state index is -0.950. The summed E-state index contributed by atoms with van der Waals surface area (Å²) in [5.41, 5.74) is 1.47. The van der Waals surface area contributed by atoms with Crippen LogP contribution in [0, 0.1) is 23.7 Å². The zero-order valence-electron chi connectivity index (χ0n) is 22.9. The van der Waals surface area contributed by atoms with Gasteiger partial charge in [0.05, 0.1) is 24.1 Å². The molecule has 1 aromatic carbocycles. The highest BCUT2D eigenvalue weighted by Gasteiger charge is 2.36. The van der Waals surface area contributed by atoms with Crippen molar-refractivity contribution in [3.8, 4) is 0 Å². The second-order valence-electron chi connectivity index (χ2n) is 10.6. The van der Waals surface area contributed by atoms with Gasteiger partial charge in [-0.2, -0.15) is 0 Å². The largest absolute Gasteiger partial charge is 0.461 e. The summed E-state index contributed by atoms with van der Waals surface area (Å²) in [5, 5.41) is 5.37. The molecule has 10 nitrogen and oxygen atoms in total. The Morgan fingerprint density at radius 1 is 1.10 bits per heavy atom. The van der Waals surface area contributed by atoms with E-state index in [0.717, 1.165) is 5.56 Å². The smallest absolute Gasteiger partial charge is 0.306 e. The van der Waals surface area contributed by atoms with Crippen LogP contribution in [0.4, 0.5) is 0 Å². The van der Waals surface area contributed by atoms with Crippen LogP contribution < -0.4 is 10.6 Å². The molecule has 0 fully saturated rings. The maximum atomic E-state index is 13.4. The molecule has 2 N–H and O–H groups in total. The van der Waals surface area contributed by atoms with E-state index in [1.165, 1.54) is 6.39 Å². The van der Waals surface area contributed by atoms with Gasteiger partial charge in [0.15, 0.2) is 12.2 Å². The first-order valence-corrected chi connectivity index (χ1v) is 13.3. The molecule has 2 aromatic rings. The summed E-state index contributed by atoms with van der Waals surface area (Å²) in [4.78, 5) is 68.5. The Kier molecular flexibility index (Phi) is 10.5. The topological polar surface area (TPSA) is 145 Å². The van der Waals surface area contributed by atoms with Crippen molar-refractivity contribution in [1.82, 2.24) is 15.6 Å². The number of rotatable bonds is 11. The molecular formula is C29H37N3O7. The molecule has 39 heavy (non-hydrogen) atoms. The predicted molar refractivity (Wildman–Crippen MR) is 141 cm³/mol. The number of carbonyl (C=O) groups is 5. The summed E-state index contributed by atoms with van der Waals surface area (Å²) >= 11 is 0. The lowest BCUT2D eigenvalue weighted by molar-refractivity contribution is -0.149. The van der Waals surface area contributed by atoms with Crippen molar-refractivity contribution in [1.29, 1.82) is 0 Å². The van der Waals surface area contributed by atoms with Gasteiger partial charge in [-0.15, -0.1) is 0 Å². The van der Waals surface area contributed by atoms with Crippen LogP contribution in [0.1, 0.15) is 57.6 Å². The van der Waals surface area contributed by atoms with Crippen LogP contribution in [0.15, 0.2) is 41.1 Å². The number of ketones is 2. The number of hydrogen-bond acceptors (Lipinski definition) is 8. The number of benzene rings is 1. The minimum Gasteiger partial charge on any atom is -0.461 e. The number of nitrogens with zero attached hydrogens (tertiary/aromatic N) is 1. The van der Waals surface area contributed by atoms with E-state index in [1.54, 1.807) is 13.8 Å². The van der Waals surface area contributed by atoms with Crippen molar-refractivity contribution in [3.63, 3.8) is 0 Å². The van der Waals surface area contributed by atoms with Gasteiger partial charge in [-0.25, -0.2) is 4.98 Å². The Bertz CT molecular complexity index is 1170. The van der Waals surface area contributed by atoms with E-state index in [9.17, 15) is 24.0 Å². The number of nitrogens with one attached hydrogen (secondary N) is 2. The molecule has 210 valence electrons. The van der Waals surface area contributed by atoms with E-state index in [0.29, 0.717) is 17.9 Å². The third-order valence-electron chi connectivity index (χ3n) is 6.93. The van der Waals surface area contributed by atoms with Crippen LogP contribution in [0.3, 0.4) is 0 Å². The van der Waals surface area contributed by atoms with Crippen LogP contribution in [-0.4, -0.2) is 46.9 Å². The van der Waals surface area contributed by atoms with Gasteiger partial charge in [0.2, 0.25) is 11.7 Å². The number of oxazole rings is 1. The Hall–Kier alpha value is -3.82. The molecule has 3 atom stereocenters. The molecule has 0 spiro atoms. The van der Waals surface area contributed by atoms with Crippen LogP contribution in [0.25, 0.3) is 0 Å². The minimum absolute atomic E-state index is 0.0635. The van der Waals surface area contributed by atoms with Crippen molar-refractivity contribution in [2.75, 3.05) is 6.54 Å². The molecule has 1 aliphatic rings. The Labute approximate surface area is 228 Å². The fraction of sp³-hybridized carbons (Fsp3) is 0.517. The average Bonchev–Trinajstić information content (AvgIpc) is 3.35. The first-order valence-electron chi connectivity index (χ1n) is 13.3. The SMILES string of the molecule is CC(C)C(CC(=O)OCc1ccccc1)C(=O)NC(C(=O)CC1Cc2ocnc2CCNC(=O)C1=O)C(C)C. The zero-order chi connectivity index (χ0) is 28.5. The maximum Gasteiger partial charge on any atom is 0.306 e. The van der Waals surface area contributed by atoms with Gasteiger partial charge in [0.1, 0.15) is 12.4 Å². The molecule has 3 unspecified atom stereocenters. The quantitative estimate of drug-likeness (QED) is 0.327. The van der Waals surface area contributed by atoms with Gasteiger partial charge in [-0.3, -0.25) is 24.0 Å². The lowest BCUT2D eigenvalue weighted by atomic mass is 9.86. The maximum absolute atomic E-state index is 13.4. The van der Waals surface area contributed by atoms with Gasteiger partial charge in [0.25, 0.3) is 5.91 Å². The van der Waals surface area contributed by atoms with Gasteiger partial charge in [-0.05, 0) is 17.4 Å². The molecular weight excluding hydrogens is 502 g/mol. The Balaban J connectivity index is 1.67. The van der Waals surface area contributed by atoms with Gasteiger partial charge in [-0.1, -0.05) is 58.0 Å². The summed E-state index contributed by atoms with van der Waals surface area (Å²) in [7, 11) is 0. The van der Waals surface area contributed by atoms with Crippen molar-refractivity contribution in [2.45, 2.75) is 66.0 Å². The highest BCUT2D eigenvalue weighted by atomic mass is 16.5. The predicted octanol–water partition coefficient (Wildman–Crippen LogP) is 2.58. The number of hydrogen-bond donors (Lipinski definition) is 2. The van der Waals surface area contributed by atoms with Crippen molar-refractivity contribution >= 4 is 29.4 Å². The molecule has 10 heteroatoms. The zero-order valence-corrected chi connectivity index (χ0v) is 22.9. The molecule has 2 amide bonds. The first kappa shape index (κ1) is 29.7. The van der Waals surface area contributed by atoms with Gasteiger partial charge in [0, 0.05) is 31.7 Å². The number of aromatic nitrogens is 1. The normalized spacial score (nSPS) is 17.3. The molecule has 2 heterocycles. The number of ether oxygens (including phenoxy) is 1.